The van der Waals surface area contributed by atoms with Crippen molar-refractivity contribution in [3.05, 3.63) is 47.0 Å². The molecule has 2 aromatic rings. The summed E-state index contributed by atoms with van der Waals surface area (Å²) in [6.45, 7) is 4.15. The fraction of sp³-hybridized carbons (Fsp3) is 0.133. The van der Waals surface area contributed by atoms with Gasteiger partial charge in [0.1, 0.15) is 6.29 Å². The van der Waals surface area contributed by atoms with Crippen LogP contribution in [0.15, 0.2) is 30.3 Å². The third-order valence-electron chi connectivity index (χ3n) is 3.45. The first-order valence-corrected chi connectivity index (χ1v) is 5.43. The molecule has 1 heteroatoms. The fourth-order valence-corrected chi connectivity index (χ4v) is 2.56. The van der Waals surface area contributed by atoms with Gasteiger partial charge in [-0.1, -0.05) is 30.3 Å². The zero-order chi connectivity index (χ0) is 11.3. The van der Waals surface area contributed by atoms with Gasteiger partial charge in [-0.3, -0.25) is 4.79 Å². The molecule has 0 atom stereocenters. The van der Waals surface area contributed by atoms with Crippen LogP contribution < -0.4 is 0 Å². The predicted molar refractivity (Wildman–Crippen MR) is 65.7 cm³/mol. The number of rotatable bonds is 1. The standard InChI is InChI=1S/C15H12O/c1-9-4-3-5-12-13-7-6-11(8-16)10(2)15(13)14(9)12/h3-8H,1-2H3. The van der Waals surface area contributed by atoms with Gasteiger partial charge in [0, 0.05) is 5.56 Å². The maximum absolute atomic E-state index is 10.9. The lowest BCUT2D eigenvalue weighted by Crippen LogP contribution is -2.05. The van der Waals surface area contributed by atoms with Gasteiger partial charge in [0.05, 0.1) is 0 Å². The van der Waals surface area contributed by atoms with E-state index in [1.165, 1.54) is 27.8 Å². The summed E-state index contributed by atoms with van der Waals surface area (Å²) in [5.74, 6) is 0. The molecule has 78 valence electrons. The van der Waals surface area contributed by atoms with Gasteiger partial charge in [-0.15, -0.1) is 0 Å². The second kappa shape index (κ2) is 3.05. The molecule has 0 saturated carbocycles. The third-order valence-corrected chi connectivity index (χ3v) is 3.45. The highest BCUT2D eigenvalue weighted by molar-refractivity contribution is 6.06. The number of aldehydes is 1. The van der Waals surface area contributed by atoms with E-state index >= 15 is 0 Å². The maximum atomic E-state index is 10.9. The predicted octanol–water partition coefficient (Wildman–Crippen LogP) is 3.76. The molecule has 16 heavy (non-hydrogen) atoms. The molecule has 0 fully saturated rings. The normalized spacial score (nSPS) is 11.4. The molecule has 0 radical (unpaired) electrons. The van der Waals surface area contributed by atoms with Crippen molar-refractivity contribution < 1.29 is 4.79 Å². The van der Waals surface area contributed by atoms with Crippen molar-refractivity contribution >= 4 is 6.29 Å². The number of fused-ring (bicyclic) bond motifs is 4. The Balaban J connectivity index is 2.33. The van der Waals surface area contributed by atoms with Gasteiger partial charge in [-0.05, 0) is 47.2 Å². The van der Waals surface area contributed by atoms with Gasteiger partial charge < -0.3 is 0 Å². The monoisotopic (exact) mass is 208 g/mol. The minimum absolute atomic E-state index is 0.799. The largest absolute Gasteiger partial charge is 0.298 e. The highest BCUT2D eigenvalue weighted by Crippen LogP contribution is 2.50. The molecular formula is C15H12O. The zero-order valence-corrected chi connectivity index (χ0v) is 9.37. The summed E-state index contributed by atoms with van der Waals surface area (Å²) in [7, 11) is 0. The summed E-state index contributed by atoms with van der Waals surface area (Å²) >= 11 is 0. The lowest BCUT2D eigenvalue weighted by atomic mass is 9.75. The molecule has 1 nitrogen and oxygen atoms in total. The van der Waals surface area contributed by atoms with Crippen molar-refractivity contribution in [1.29, 1.82) is 0 Å². The maximum Gasteiger partial charge on any atom is 0.150 e. The number of carbonyl (C=O) groups is 1. The van der Waals surface area contributed by atoms with E-state index in [1.807, 2.05) is 19.1 Å². The smallest absolute Gasteiger partial charge is 0.150 e. The third kappa shape index (κ3) is 0.977. The fourth-order valence-electron chi connectivity index (χ4n) is 2.56. The SMILES string of the molecule is Cc1cccc2c1-c1c-2ccc(C=O)c1C. The molecule has 0 heterocycles. The molecule has 0 bridgehead atoms. The molecule has 0 aliphatic heterocycles. The van der Waals surface area contributed by atoms with Gasteiger partial charge in [-0.25, -0.2) is 0 Å². The minimum Gasteiger partial charge on any atom is -0.298 e. The Bertz CT molecular complexity index is 609. The first-order chi connectivity index (χ1) is 7.74. The summed E-state index contributed by atoms with van der Waals surface area (Å²) in [4.78, 5) is 10.9. The van der Waals surface area contributed by atoms with Crippen molar-refractivity contribution in [2.45, 2.75) is 13.8 Å². The number of carbonyl (C=O) groups excluding carboxylic acids is 1. The van der Waals surface area contributed by atoms with Crippen molar-refractivity contribution in [3.8, 4) is 22.3 Å². The number of hydrogen-bond donors (Lipinski definition) is 0. The molecule has 0 N–H and O–H groups in total. The summed E-state index contributed by atoms with van der Waals surface area (Å²) in [6.07, 6.45) is 0.936. The summed E-state index contributed by atoms with van der Waals surface area (Å²) in [5.41, 5.74) is 8.37. The summed E-state index contributed by atoms with van der Waals surface area (Å²) < 4.78 is 0. The van der Waals surface area contributed by atoms with Crippen molar-refractivity contribution in [3.63, 3.8) is 0 Å². The van der Waals surface area contributed by atoms with Gasteiger partial charge >= 0.3 is 0 Å². The van der Waals surface area contributed by atoms with E-state index in [-0.39, 0.29) is 0 Å². The highest BCUT2D eigenvalue weighted by atomic mass is 16.1. The second-order valence-corrected chi connectivity index (χ2v) is 4.32. The Morgan fingerprint density at radius 1 is 0.938 bits per heavy atom. The Morgan fingerprint density at radius 2 is 1.69 bits per heavy atom. The number of benzene rings is 2. The van der Waals surface area contributed by atoms with Crippen LogP contribution in [0.3, 0.4) is 0 Å². The van der Waals surface area contributed by atoms with E-state index in [2.05, 4.69) is 25.1 Å². The quantitative estimate of drug-likeness (QED) is 0.556. The highest BCUT2D eigenvalue weighted by Gasteiger charge is 2.26. The van der Waals surface area contributed by atoms with Crippen LogP contribution in [-0.2, 0) is 0 Å². The number of aryl methyl sites for hydroxylation is 1. The van der Waals surface area contributed by atoms with Gasteiger partial charge in [0.25, 0.3) is 0 Å². The molecule has 0 saturated heterocycles. The van der Waals surface area contributed by atoms with E-state index in [0.717, 1.165) is 17.4 Å². The Kier molecular flexibility index (Phi) is 1.78. The molecule has 2 aromatic carbocycles. The van der Waals surface area contributed by atoms with Crippen LogP contribution in [0.4, 0.5) is 0 Å². The molecule has 1 aliphatic carbocycles. The van der Waals surface area contributed by atoms with E-state index < -0.39 is 0 Å². The van der Waals surface area contributed by atoms with Gasteiger partial charge in [0.15, 0.2) is 0 Å². The molecule has 0 amide bonds. The van der Waals surface area contributed by atoms with Crippen LogP contribution in [-0.4, -0.2) is 6.29 Å². The first-order valence-electron chi connectivity index (χ1n) is 5.43. The number of hydrogen-bond acceptors (Lipinski definition) is 1. The lowest BCUT2D eigenvalue weighted by molar-refractivity contribution is 0.112. The van der Waals surface area contributed by atoms with Crippen LogP contribution in [0, 0.1) is 13.8 Å². The van der Waals surface area contributed by atoms with Crippen LogP contribution in [0.25, 0.3) is 22.3 Å². The van der Waals surface area contributed by atoms with Crippen molar-refractivity contribution in [1.82, 2.24) is 0 Å². The first kappa shape index (κ1) is 9.34. The molecule has 0 spiro atoms. The molecule has 3 rings (SSSR count). The van der Waals surface area contributed by atoms with E-state index in [1.54, 1.807) is 0 Å². The average Bonchev–Trinajstić information content (AvgIpc) is 2.26. The van der Waals surface area contributed by atoms with Crippen LogP contribution in [0.2, 0.25) is 0 Å². The van der Waals surface area contributed by atoms with Gasteiger partial charge in [0.2, 0.25) is 0 Å². The van der Waals surface area contributed by atoms with Crippen molar-refractivity contribution in [2.24, 2.45) is 0 Å². The van der Waals surface area contributed by atoms with E-state index in [9.17, 15) is 4.79 Å². The Morgan fingerprint density at radius 3 is 2.44 bits per heavy atom. The van der Waals surface area contributed by atoms with E-state index in [4.69, 9.17) is 0 Å². The van der Waals surface area contributed by atoms with E-state index in [0.29, 0.717) is 0 Å². The Hall–Kier alpha value is -1.89. The van der Waals surface area contributed by atoms with Crippen LogP contribution in [0.5, 0.6) is 0 Å². The van der Waals surface area contributed by atoms with Crippen LogP contribution >= 0.6 is 0 Å². The summed E-state index contributed by atoms with van der Waals surface area (Å²) in [6, 6.07) is 10.3. The Labute approximate surface area is 94.7 Å². The second-order valence-electron chi connectivity index (χ2n) is 4.32. The molecular weight excluding hydrogens is 196 g/mol. The molecule has 0 unspecified atom stereocenters. The minimum atomic E-state index is 0.799. The topological polar surface area (TPSA) is 17.1 Å². The lowest BCUT2D eigenvalue weighted by Gasteiger charge is -2.28. The van der Waals surface area contributed by atoms with Crippen molar-refractivity contribution in [2.75, 3.05) is 0 Å². The molecule has 1 aliphatic rings. The van der Waals surface area contributed by atoms with Gasteiger partial charge in [-0.2, -0.15) is 0 Å². The zero-order valence-electron chi connectivity index (χ0n) is 9.37. The summed E-state index contributed by atoms with van der Waals surface area (Å²) in [5, 5.41) is 0. The average molecular weight is 208 g/mol. The van der Waals surface area contributed by atoms with Crippen LogP contribution in [0.1, 0.15) is 21.5 Å². The molecule has 0 aromatic heterocycles.